The van der Waals surface area contributed by atoms with Crippen molar-refractivity contribution in [2.45, 2.75) is 13.3 Å². The predicted octanol–water partition coefficient (Wildman–Crippen LogP) is 5.55. The minimum absolute atomic E-state index is 0.0825. The lowest BCUT2D eigenvalue weighted by atomic mass is 10.1. The molecule has 6 nitrogen and oxygen atoms in total. The van der Waals surface area contributed by atoms with Gasteiger partial charge in [-0.25, -0.2) is 4.39 Å². The van der Waals surface area contributed by atoms with Crippen molar-refractivity contribution in [2.24, 2.45) is 0 Å². The Kier molecular flexibility index (Phi) is 6.84. The first-order chi connectivity index (χ1) is 16.0. The summed E-state index contributed by atoms with van der Waals surface area (Å²) in [6, 6.07) is 16.9. The second kappa shape index (κ2) is 9.95. The topological polar surface area (TPSA) is 67.9 Å². The Morgan fingerprint density at radius 3 is 2.27 bits per heavy atom. The summed E-state index contributed by atoms with van der Waals surface area (Å²) in [4.78, 5) is 26.0. The molecule has 8 heteroatoms. The highest BCUT2D eigenvalue weighted by molar-refractivity contribution is 8.00. The van der Waals surface area contributed by atoms with Crippen LogP contribution in [0.5, 0.6) is 17.2 Å². The number of benzene rings is 3. The minimum Gasteiger partial charge on any atom is -0.493 e. The summed E-state index contributed by atoms with van der Waals surface area (Å²) in [7, 11) is 1.55. The van der Waals surface area contributed by atoms with Gasteiger partial charge in [0, 0.05) is 24.1 Å². The number of methoxy groups -OCH3 is 1. The van der Waals surface area contributed by atoms with Crippen LogP contribution >= 0.6 is 11.9 Å². The number of imide groups is 1. The molecule has 0 atom stereocenters. The molecule has 1 aliphatic heterocycles. The van der Waals surface area contributed by atoms with Gasteiger partial charge >= 0.3 is 0 Å². The first-order valence-electron chi connectivity index (χ1n) is 10.5. The summed E-state index contributed by atoms with van der Waals surface area (Å²) in [5, 5.41) is 0. The van der Waals surface area contributed by atoms with E-state index in [0.29, 0.717) is 34.1 Å². The Bertz CT molecular complexity index is 1170. The summed E-state index contributed by atoms with van der Waals surface area (Å²) in [6.45, 7) is 2.29. The molecule has 3 aromatic carbocycles. The first kappa shape index (κ1) is 22.7. The first-order valence-corrected chi connectivity index (χ1v) is 11.5. The van der Waals surface area contributed by atoms with Crippen LogP contribution in [0.3, 0.4) is 0 Å². The maximum Gasteiger partial charge on any atom is 0.261 e. The van der Waals surface area contributed by atoms with E-state index in [1.165, 1.54) is 29.0 Å². The molecule has 0 bridgehead atoms. The SMILES string of the molecule is CCc1ccc(Oc2ccc(NSCCN3C(=O)c4ccccc4C3=O)cc2F)c(OC)c1. The second-order valence-corrected chi connectivity index (χ2v) is 8.25. The van der Waals surface area contributed by atoms with Crippen molar-refractivity contribution in [1.82, 2.24) is 4.90 Å². The molecule has 4 rings (SSSR count). The third-order valence-electron chi connectivity index (χ3n) is 5.27. The van der Waals surface area contributed by atoms with Crippen LogP contribution in [-0.2, 0) is 6.42 Å². The number of hydrogen-bond donors (Lipinski definition) is 1. The maximum atomic E-state index is 14.6. The summed E-state index contributed by atoms with van der Waals surface area (Å²) in [5.41, 5.74) is 2.50. The largest absolute Gasteiger partial charge is 0.493 e. The molecule has 0 spiro atoms. The molecule has 1 aliphatic rings. The van der Waals surface area contributed by atoms with Crippen molar-refractivity contribution in [2.75, 3.05) is 24.1 Å². The van der Waals surface area contributed by atoms with Crippen LogP contribution in [0.15, 0.2) is 60.7 Å². The van der Waals surface area contributed by atoms with E-state index in [9.17, 15) is 14.0 Å². The number of nitrogens with zero attached hydrogens (tertiary/aromatic N) is 1. The Morgan fingerprint density at radius 1 is 0.939 bits per heavy atom. The van der Waals surface area contributed by atoms with Crippen LogP contribution in [0.25, 0.3) is 0 Å². The molecule has 1 heterocycles. The molecule has 0 saturated carbocycles. The number of aryl methyl sites for hydroxylation is 1. The Labute approximate surface area is 195 Å². The van der Waals surface area contributed by atoms with Gasteiger partial charge in [0.05, 0.1) is 18.2 Å². The molecule has 0 saturated heterocycles. The molecule has 0 radical (unpaired) electrons. The smallest absolute Gasteiger partial charge is 0.261 e. The Morgan fingerprint density at radius 2 is 1.64 bits per heavy atom. The number of anilines is 1. The van der Waals surface area contributed by atoms with Gasteiger partial charge in [-0.15, -0.1) is 0 Å². The number of fused-ring (bicyclic) bond motifs is 1. The quantitative estimate of drug-likeness (QED) is 0.254. The molecule has 0 aromatic heterocycles. The van der Waals surface area contributed by atoms with E-state index in [-0.39, 0.29) is 24.1 Å². The summed E-state index contributed by atoms with van der Waals surface area (Å²) in [6.07, 6.45) is 0.857. The monoisotopic (exact) mass is 466 g/mol. The van der Waals surface area contributed by atoms with E-state index in [0.717, 1.165) is 12.0 Å². The molecule has 2 amide bonds. The lowest BCUT2D eigenvalue weighted by Crippen LogP contribution is -2.32. The predicted molar refractivity (Wildman–Crippen MR) is 127 cm³/mol. The highest BCUT2D eigenvalue weighted by atomic mass is 32.2. The molecular formula is C25H23FN2O4S. The van der Waals surface area contributed by atoms with E-state index in [1.807, 2.05) is 19.1 Å². The molecule has 3 aromatic rings. The van der Waals surface area contributed by atoms with Crippen LogP contribution in [-0.4, -0.2) is 36.1 Å². The number of carbonyl (C=O) groups is 2. The zero-order chi connectivity index (χ0) is 23.4. The van der Waals surface area contributed by atoms with Gasteiger partial charge in [0.25, 0.3) is 11.8 Å². The number of hydrogen-bond acceptors (Lipinski definition) is 6. The van der Waals surface area contributed by atoms with E-state index < -0.39 is 5.82 Å². The van der Waals surface area contributed by atoms with Gasteiger partial charge in [0.1, 0.15) is 0 Å². The van der Waals surface area contributed by atoms with Gasteiger partial charge in [-0.2, -0.15) is 0 Å². The zero-order valence-electron chi connectivity index (χ0n) is 18.3. The normalized spacial score (nSPS) is 12.6. The van der Waals surface area contributed by atoms with Crippen molar-refractivity contribution in [3.63, 3.8) is 0 Å². The third-order valence-corrected chi connectivity index (χ3v) is 6.04. The molecular weight excluding hydrogens is 443 g/mol. The van der Waals surface area contributed by atoms with Crippen LogP contribution in [0.2, 0.25) is 0 Å². The van der Waals surface area contributed by atoms with Gasteiger partial charge in [-0.1, -0.05) is 37.1 Å². The molecule has 0 unspecified atom stereocenters. The standard InChI is InChI=1S/C25H23FN2O4S/c1-3-16-8-10-22(23(14-16)31-2)32-21-11-9-17(15-20(21)26)27-33-13-12-28-24(29)18-6-4-5-7-19(18)25(28)30/h4-11,14-15,27H,3,12-13H2,1-2H3. The molecule has 1 N–H and O–H groups in total. The van der Waals surface area contributed by atoms with E-state index in [2.05, 4.69) is 4.72 Å². The highest BCUT2D eigenvalue weighted by Gasteiger charge is 2.34. The summed E-state index contributed by atoms with van der Waals surface area (Å²) < 4.78 is 28.7. The third kappa shape index (κ3) is 4.80. The van der Waals surface area contributed by atoms with Crippen LogP contribution < -0.4 is 14.2 Å². The average Bonchev–Trinajstić information content (AvgIpc) is 3.08. The van der Waals surface area contributed by atoms with Crippen LogP contribution in [0.4, 0.5) is 10.1 Å². The number of rotatable bonds is 9. The number of halogens is 1. The van der Waals surface area contributed by atoms with E-state index >= 15 is 0 Å². The lowest BCUT2D eigenvalue weighted by Gasteiger charge is -2.14. The van der Waals surface area contributed by atoms with Gasteiger partial charge in [0.15, 0.2) is 23.1 Å². The Balaban J connectivity index is 1.32. The summed E-state index contributed by atoms with van der Waals surface area (Å²) in [5.74, 6) is 0.412. The van der Waals surface area contributed by atoms with Crippen LogP contribution in [0, 0.1) is 5.82 Å². The number of nitrogens with one attached hydrogen (secondary N) is 1. The fraction of sp³-hybridized carbons (Fsp3) is 0.200. The maximum absolute atomic E-state index is 14.6. The van der Waals surface area contributed by atoms with Crippen molar-refractivity contribution >= 4 is 29.4 Å². The van der Waals surface area contributed by atoms with Gasteiger partial charge in [-0.3, -0.25) is 14.5 Å². The van der Waals surface area contributed by atoms with E-state index in [4.69, 9.17) is 9.47 Å². The van der Waals surface area contributed by atoms with Crippen molar-refractivity contribution < 1.29 is 23.5 Å². The van der Waals surface area contributed by atoms with Crippen molar-refractivity contribution in [3.05, 3.63) is 83.2 Å². The zero-order valence-corrected chi connectivity index (χ0v) is 19.1. The molecule has 170 valence electrons. The van der Waals surface area contributed by atoms with Crippen molar-refractivity contribution in [3.8, 4) is 17.2 Å². The highest BCUT2D eigenvalue weighted by Crippen LogP contribution is 2.34. The van der Waals surface area contributed by atoms with Gasteiger partial charge < -0.3 is 14.2 Å². The fourth-order valence-corrected chi connectivity index (χ4v) is 4.16. The van der Waals surface area contributed by atoms with Crippen molar-refractivity contribution in [1.29, 1.82) is 0 Å². The van der Waals surface area contributed by atoms with E-state index in [1.54, 1.807) is 43.5 Å². The van der Waals surface area contributed by atoms with Crippen LogP contribution in [0.1, 0.15) is 33.2 Å². The average molecular weight is 467 g/mol. The molecule has 0 aliphatic carbocycles. The fourth-order valence-electron chi connectivity index (χ4n) is 3.50. The van der Waals surface area contributed by atoms with Gasteiger partial charge in [0.2, 0.25) is 0 Å². The second-order valence-electron chi connectivity index (χ2n) is 7.34. The summed E-state index contributed by atoms with van der Waals surface area (Å²) >= 11 is 1.28. The molecule has 0 fully saturated rings. The number of amides is 2. The number of ether oxygens (including phenoxy) is 2. The van der Waals surface area contributed by atoms with Gasteiger partial charge in [-0.05, 0) is 48.4 Å². The molecule has 33 heavy (non-hydrogen) atoms. The number of carbonyl (C=O) groups excluding carboxylic acids is 2. The lowest BCUT2D eigenvalue weighted by molar-refractivity contribution is 0.0664. The minimum atomic E-state index is -0.525. The Hall–Kier alpha value is -3.52.